The number of benzene rings is 2. The minimum Gasteiger partial charge on any atom is -0.258 e. The van der Waals surface area contributed by atoms with Crippen molar-refractivity contribution >= 4 is 23.4 Å². The molecule has 92 valence electrons. The van der Waals surface area contributed by atoms with Crippen LogP contribution >= 0.6 is 11.6 Å². The highest BCUT2D eigenvalue weighted by atomic mass is 35.5. The molecule has 4 heteroatoms. The predicted molar refractivity (Wildman–Crippen MR) is 74.6 cm³/mol. The molecule has 0 spiro atoms. The molecule has 0 N–H and O–H groups in total. The van der Waals surface area contributed by atoms with Crippen LogP contribution in [0, 0.1) is 10.1 Å². The molecule has 0 aliphatic heterocycles. The summed E-state index contributed by atoms with van der Waals surface area (Å²) in [5, 5.41) is 10.8. The summed E-state index contributed by atoms with van der Waals surface area (Å²) in [6, 6.07) is 15.5. The molecule has 3 nitrogen and oxygen atoms in total. The van der Waals surface area contributed by atoms with E-state index >= 15 is 0 Å². The van der Waals surface area contributed by atoms with E-state index in [0.717, 1.165) is 10.6 Å². The van der Waals surface area contributed by atoms with E-state index in [1.54, 1.807) is 24.3 Å². The number of nitro groups is 1. The molecule has 0 fully saturated rings. The molecule has 0 atom stereocenters. The third kappa shape index (κ3) is 4.39. The van der Waals surface area contributed by atoms with E-state index in [9.17, 15) is 10.1 Å². The zero-order chi connectivity index (χ0) is 13.4. The number of hydrogen-bond donors (Lipinski definition) is 0. The van der Waals surface area contributed by atoms with Gasteiger partial charge < -0.3 is 0 Å². The fraction of sp³-hybridized carbons (Fsp3) is 0. The van der Waals surface area contributed by atoms with Crippen LogP contribution in [0.3, 0.4) is 0 Å². The maximum absolute atomic E-state index is 10.0. The standard InChI is InChI=1S/C8H7Cl.C6H5NO2/c1-2-7-5-3-4-6-8(7)9;8-7(9)6-4-2-1-3-5-6/h2-6H,1H2;1-5H. The van der Waals surface area contributed by atoms with Crippen LogP contribution < -0.4 is 0 Å². The van der Waals surface area contributed by atoms with Crippen LogP contribution in [-0.4, -0.2) is 4.92 Å². The van der Waals surface area contributed by atoms with Gasteiger partial charge in [0.1, 0.15) is 0 Å². The van der Waals surface area contributed by atoms with Gasteiger partial charge in [-0.15, -0.1) is 0 Å². The first-order valence-corrected chi connectivity index (χ1v) is 5.59. The third-order valence-electron chi connectivity index (χ3n) is 2.09. The maximum Gasteiger partial charge on any atom is 0.269 e. The van der Waals surface area contributed by atoms with Crippen LogP contribution in [0.2, 0.25) is 5.02 Å². The first-order chi connectivity index (χ1) is 8.65. The fourth-order valence-electron chi connectivity index (χ4n) is 1.19. The molecule has 0 radical (unpaired) electrons. The third-order valence-corrected chi connectivity index (χ3v) is 2.44. The molecule has 2 rings (SSSR count). The van der Waals surface area contributed by atoms with Crippen LogP contribution in [0.4, 0.5) is 5.69 Å². The van der Waals surface area contributed by atoms with Crippen molar-refractivity contribution in [3.63, 3.8) is 0 Å². The molecule has 0 saturated heterocycles. The number of hydrogen-bond acceptors (Lipinski definition) is 2. The molecule has 0 unspecified atom stereocenters. The van der Waals surface area contributed by atoms with Gasteiger partial charge in [0.05, 0.1) is 4.92 Å². The van der Waals surface area contributed by atoms with E-state index in [-0.39, 0.29) is 5.69 Å². The Morgan fingerprint density at radius 2 is 1.61 bits per heavy atom. The molecular formula is C14H12ClNO2. The number of nitrogens with zero attached hydrogens (tertiary/aromatic N) is 1. The van der Waals surface area contributed by atoms with Crippen molar-refractivity contribution in [2.45, 2.75) is 0 Å². The number of halogens is 1. The lowest BCUT2D eigenvalue weighted by molar-refractivity contribution is -0.384. The molecule has 0 bridgehead atoms. The van der Waals surface area contributed by atoms with Gasteiger partial charge in [0.25, 0.3) is 5.69 Å². The van der Waals surface area contributed by atoms with Crippen molar-refractivity contribution in [1.29, 1.82) is 0 Å². The summed E-state index contributed by atoms with van der Waals surface area (Å²) in [5.41, 5.74) is 1.12. The quantitative estimate of drug-likeness (QED) is 0.587. The number of para-hydroxylation sites is 1. The van der Waals surface area contributed by atoms with Gasteiger partial charge in [0, 0.05) is 17.2 Å². The summed E-state index contributed by atoms with van der Waals surface area (Å²) in [6.07, 6.45) is 1.74. The highest BCUT2D eigenvalue weighted by molar-refractivity contribution is 6.32. The van der Waals surface area contributed by atoms with Crippen molar-refractivity contribution in [3.05, 3.63) is 81.9 Å². The van der Waals surface area contributed by atoms with Crippen molar-refractivity contribution in [2.24, 2.45) is 0 Å². The minimum absolute atomic E-state index is 0.137. The SMILES string of the molecule is C=Cc1ccccc1Cl.O=[N+]([O-])c1ccccc1. The molecule has 0 amide bonds. The molecule has 0 heterocycles. The first kappa shape index (κ1) is 13.9. The highest BCUT2D eigenvalue weighted by Crippen LogP contribution is 2.14. The summed E-state index contributed by atoms with van der Waals surface area (Å²) in [5.74, 6) is 0. The smallest absolute Gasteiger partial charge is 0.258 e. The topological polar surface area (TPSA) is 43.1 Å². The Kier molecular flexibility index (Phi) is 5.61. The molecular weight excluding hydrogens is 250 g/mol. The van der Waals surface area contributed by atoms with Crippen LogP contribution in [0.5, 0.6) is 0 Å². The average molecular weight is 262 g/mol. The van der Waals surface area contributed by atoms with Gasteiger partial charge in [0.15, 0.2) is 0 Å². The van der Waals surface area contributed by atoms with Crippen LogP contribution in [0.25, 0.3) is 6.08 Å². The number of non-ortho nitro benzene ring substituents is 1. The number of rotatable bonds is 2. The van der Waals surface area contributed by atoms with Crippen LogP contribution in [0.1, 0.15) is 5.56 Å². The van der Waals surface area contributed by atoms with E-state index in [1.807, 2.05) is 24.3 Å². The molecule has 0 aromatic heterocycles. The van der Waals surface area contributed by atoms with Gasteiger partial charge in [-0.2, -0.15) is 0 Å². The van der Waals surface area contributed by atoms with Crippen LogP contribution in [-0.2, 0) is 0 Å². The van der Waals surface area contributed by atoms with Gasteiger partial charge in [0.2, 0.25) is 0 Å². The summed E-state index contributed by atoms with van der Waals surface area (Å²) >= 11 is 5.75. The second-order valence-electron chi connectivity index (χ2n) is 3.32. The molecule has 0 aliphatic carbocycles. The van der Waals surface area contributed by atoms with Crippen molar-refractivity contribution < 1.29 is 4.92 Å². The Hall–Kier alpha value is -2.13. The molecule has 0 saturated carbocycles. The number of nitro benzene ring substituents is 1. The Morgan fingerprint density at radius 3 is 2.00 bits per heavy atom. The molecule has 0 aliphatic rings. The zero-order valence-electron chi connectivity index (χ0n) is 9.62. The second-order valence-corrected chi connectivity index (χ2v) is 3.73. The van der Waals surface area contributed by atoms with Crippen molar-refractivity contribution in [1.82, 2.24) is 0 Å². The largest absolute Gasteiger partial charge is 0.269 e. The lowest BCUT2D eigenvalue weighted by Crippen LogP contribution is -1.84. The van der Waals surface area contributed by atoms with Crippen LogP contribution in [0.15, 0.2) is 61.2 Å². The summed E-state index contributed by atoms with van der Waals surface area (Å²) in [7, 11) is 0. The maximum atomic E-state index is 10.0. The second kappa shape index (κ2) is 7.25. The Morgan fingerprint density at radius 1 is 1.06 bits per heavy atom. The first-order valence-electron chi connectivity index (χ1n) is 5.21. The average Bonchev–Trinajstić information content (AvgIpc) is 2.41. The zero-order valence-corrected chi connectivity index (χ0v) is 10.4. The van der Waals surface area contributed by atoms with E-state index in [4.69, 9.17) is 11.6 Å². The monoisotopic (exact) mass is 261 g/mol. The molecule has 2 aromatic carbocycles. The predicted octanol–water partition coefficient (Wildman–Crippen LogP) is 4.58. The van der Waals surface area contributed by atoms with E-state index in [1.165, 1.54) is 12.1 Å². The summed E-state index contributed by atoms with van der Waals surface area (Å²) in [4.78, 5) is 9.59. The summed E-state index contributed by atoms with van der Waals surface area (Å²) < 4.78 is 0. The van der Waals surface area contributed by atoms with Gasteiger partial charge in [-0.05, 0) is 11.6 Å². The molecule has 18 heavy (non-hydrogen) atoms. The van der Waals surface area contributed by atoms with Gasteiger partial charge in [-0.25, -0.2) is 0 Å². The Bertz CT molecular complexity index is 526. The minimum atomic E-state index is -0.417. The highest BCUT2D eigenvalue weighted by Gasteiger charge is 1.98. The molecule has 2 aromatic rings. The lowest BCUT2D eigenvalue weighted by atomic mass is 10.2. The van der Waals surface area contributed by atoms with E-state index in [2.05, 4.69) is 6.58 Å². The van der Waals surface area contributed by atoms with E-state index < -0.39 is 4.92 Å². The fourth-order valence-corrected chi connectivity index (χ4v) is 1.40. The lowest BCUT2D eigenvalue weighted by Gasteiger charge is -1.92. The summed E-state index contributed by atoms with van der Waals surface area (Å²) in [6.45, 7) is 3.61. The van der Waals surface area contributed by atoms with E-state index in [0.29, 0.717) is 0 Å². The van der Waals surface area contributed by atoms with Gasteiger partial charge >= 0.3 is 0 Å². The normalized spacial score (nSPS) is 8.94. The van der Waals surface area contributed by atoms with Crippen molar-refractivity contribution in [3.8, 4) is 0 Å². The van der Waals surface area contributed by atoms with Gasteiger partial charge in [-0.1, -0.05) is 60.7 Å². The van der Waals surface area contributed by atoms with Gasteiger partial charge in [-0.3, -0.25) is 10.1 Å². The Labute approximate surface area is 110 Å². The Balaban J connectivity index is 0.000000180. The van der Waals surface area contributed by atoms with Crippen molar-refractivity contribution in [2.75, 3.05) is 0 Å².